The fraction of sp³-hybridized carbons (Fsp3) is 0.824. The van der Waals surface area contributed by atoms with Gasteiger partial charge in [0.1, 0.15) is 6.04 Å². The molecule has 0 heterocycles. The summed E-state index contributed by atoms with van der Waals surface area (Å²) in [6.45, 7) is 1.29. The van der Waals surface area contributed by atoms with Gasteiger partial charge in [-0.3, -0.25) is 14.4 Å². The summed E-state index contributed by atoms with van der Waals surface area (Å²) < 4.78 is 0. The molecule has 0 aliphatic carbocycles. The van der Waals surface area contributed by atoms with Gasteiger partial charge in [-0.05, 0) is 51.9 Å². The minimum Gasteiger partial charge on any atom is -0.481 e. The highest BCUT2D eigenvalue weighted by Gasteiger charge is 2.28. The van der Waals surface area contributed by atoms with Crippen molar-refractivity contribution in [2.75, 3.05) is 46.2 Å². The Labute approximate surface area is 155 Å². The Morgan fingerprint density at radius 2 is 1.76 bits per heavy atom. The maximum Gasteiger partial charge on any atom is 0.305 e. The van der Waals surface area contributed by atoms with Gasteiger partial charge < -0.3 is 20.2 Å². The molecule has 0 rings (SSSR count). The van der Waals surface area contributed by atoms with Crippen molar-refractivity contribution in [3.63, 3.8) is 0 Å². The zero-order valence-corrected chi connectivity index (χ0v) is 16.7. The third kappa shape index (κ3) is 11.8. The van der Waals surface area contributed by atoms with E-state index in [-0.39, 0.29) is 12.3 Å². The highest BCUT2D eigenvalue weighted by molar-refractivity contribution is 7.98. The smallest absolute Gasteiger partial charge is 0.305 e. The first-order valence-corrected chi connectivity index (χ1v) is 10.1. The Balaban J connectivity index is 4.48. The first-order valence-electron chi connectivity index (χ1n) is 8.68. The predicted octanol–water partition coefficient (Wildman–Crippen LogP) is 1.28. The molecule has 0 saturated heterocycles. The fourth-order valence-electron chi connectivity index (χ4n) is 2.35. The molecule has 0 aromatic rings. The van der Waals surface area contributed by atoms with Crippen LogP contribution >= 0.6 is 11.8 Å². The molecule has 1 atom stereocenters. The number of aliphatic carboxylic acids is 1. The number of likely N-dealkylation sites (N-methyl/N-ethyl adjacent to an activating group) is 1. The molecule has 0 spiro atoms. The second-order valence-electron chi connectivity index (χ2n) is 6.37. The molecular formula is C17H33N3O4S. The second kappa shape index (κ2) is 13.9. The first kappa shape index (κ1) is 23.7. The molecule has 0 fully saturated rings. The van der Waals surface area contributed by atoms with Crippen molar-refractivity contribution in [2.24, 2.45) is 0 Å². The molecule has 0 bridgehead atoms. The monoisotopic (exact) mass is 375 g/mol. The van der Waals surface area contributed by atoms with Crippen molar-refractivity contribution in [3.8, 4) is 0 Å². The van der Waals surface area contributed by atoms with Gasteiger partial charge in [0, 0.05) is 20.0 Å². The maximum atomic E-state index is 12.3. The summed E-state index contributed by atoms with van der Waals surface area (Å²) in [5.74, 6) is -0.604. The lowest BCUT2D eigenvalue weighted by atomic mass is 10.1. The van der Waals surface area contributed by atoms with E-state index in [0.717, 1.165) is 38.0 Å². The van der Waals surface area contributed by atoms with Crippen molar-refractivity contribution in [1.82, 2.24) is 15.1 Å². The number of nitrogens with zero attached hydrogens (tertiary/aromatic N) is 2. The average Bonchev–Trinajstić information content (AvgIpc) is 2.55. The van der Waals surface area contributed by atoms with Crippen LogP contribution in [0, 0.1) is 0 Å². The number of carbonyl (C=O) groups is 3. The van der Waals surface area contributed by atoms with Crippen LogP contribution in [-0.4, -0.2) is 85.0 Å². The number of carboxylic acids is 1. The van der Waals surface area contributed by atoms with Crippen LogP contribution in [0.5, 0.6) is 0 Å². The Kier molecular flexibility index (Phi) is 13.2. The van der Waals surface area contributed by atoms with E-state index >= 15 is 0 Å². The van der Waals surface area contributed by atoms with Crippen LogP contribution in [0.3, 0.4) is 0 Å². The number of hydrogen-bond donors (Lipinski definition) is 2. The zero-order valence-electron chi connectivity index (χ0n) is 15.9. The number of carboxylic acid groups (broad SMARTS) is 1. The fourth-order valence-corrected chi connectivity index (χ4v) is 2.84. The van der Waals surface area contributed by atoms with Gasteiger partial charge in [-0.1, -0.05) is 6.42 Å². The van der Waals surface area contributed by atoms with Crippen molar-refractivity contribution < 1.29 is 19.5 Å². The van der Waals surface area contributed by atoms with Gasteiger partial charge in [0.15, 0.2) is 0 Å². The molecule has 0 aliphatic rings. The molecule has 7 nitrogen and oxygen atoms in total. The number of carbonyl (C=O) groups excluding carboxylic acids is 2. The predicted molar refractivity (Wildman–Crippen MR) is 102 cm³/mol. The molecule has 0 saturated carbocycles. The van der Waals surface area contributed by atoms with Crippen LogP contribution in [0.4, 0.5) is 0 Å². The van der Waals surface area contributed by atoms with Crippen molar-refractivity contribution in [1.29, 1.82) is 0 Å². The van der Waals surface area contributed by atoms with E-state index in [1.165, 1.54) is 11.9 Å². The van der Waals surface area contributed by atoms with E-state index in [2.05, 4.69) is 5.32 Å². The van der Waals surface area contributed by atoms with Crippen molar-refractivity contribution in [3.05, 3.63) is 0 Å². The van der Waals surface area contributed by atoms with Gasteiger partial charge in [0.2, 0.25) is 11.8 Å². The van der Waals surface area contributed by atoms with Crippen LogP contribution in [-0.2, 0) is 14.4 Å². The summed E-state index contributed by atoms with van der Waals surface area (Å²) in [6, 6.07) is -0.962. The van der Waals surface area contributed by atoms with E-state index in [9.17, 15) is 14.4 Å². The van der Waals surface area contributed by atoms with E-state index < -0.39 is 17.9 Å². The number of hydrogen-bond acceptors (Lipinski definition) is 5. The minimum absolute atomic E-state index is 0.182. The Morgan fingerprint density at radius 3 is 2.32 bits per heavy atom. The molecule has 0 aliphatic heterocycles. The molecular weight excluding hydrogens is 342 g/mol. The molecule has 0 unspecified atom stereocenters. The molecule has 0 aromatic heterocycles. The van der Waals surface area contributed by atoms with Crippen LogP contribution in [0.2, 0.25) is 0 Å². The Hall–Kier alpha value is -1.28. The van der Waals surface area contributed by atoms with Crippen LogP contribution in [0.15, 0.2) is 0 Å². The highest BCUT2D eigenvalue weighted by atomic mass is 32.2. The van der Waals surface area contributed by atoms with Gasteiger partial charge in [-0.2, -0.15) is 11.8 Å². The SMILES string of the molecule is CSCCCCCC(=O)N(C)[C@@H](CC(=O)O)C(=O)NCCCN(C)C. The number of unbranched alkanes of at least 4 members (excludes halogenated alkanes) is 2. The lowest BCUT2D eigenvalue weighted by Gasteiger charge is -2.26. The van der Waals surface area contributed by atoms with Gasteiger partial charge in [-0.15, -0.1) is 0 Å². The van der Waals surface area contributed by atoms with E-state index in [1.54, 1.807) is 11.8 Å². The zero-order chi connectivity index (χ0) is 19.2. The molecule has 2 N–H and O–H groups in total. The summed E-state index contributed by atoms with van der Waals surface area (Å²) >= 11 is 1.78. The van der Waals surface area contributed by atoms with Gasteiger partial charge in [-0.25, -0.2) is 0 Å². The van der Waals surface area contributed by atoms with Crippen molar-refractivity contribution in [2.45, 2.75) is 44.6 Å². The number of rotatable bonds is 14. The number of amides is 2. The quantitative estimate of drug-likeness (QED) is 0.445. The topological polar surface area (TPSA) is 90.0 Å². The summed E-state index contributed by atoms with van der Waals surface area (Å²) in [5, 5.41) is 11.8. The third-order valence-corrected chi connectivity index (χ3v) is 4.55. The van der Waals surface area contributed by atoms with Crippen molar-refractivity contribution >= 4 is 29.5 Å². The summed E-state index contributed by atoms with van der Waals surface area (Å²) in [7, 11) is 5.40. The molecule has 25 heavy (non-hydrogen) atoms. The lowest BCUT2D eigenvalue weighted by Crippen LogP contribution is -2.49. The summed E-state index contributed by atoms with van der Waals surface area (Å²) in [4.78, 5) is 38.9. The van der Waals surface area contributed by atoms with E-state index in [1.807, 2.05) is 25.3 Å². The Bertz CT molecular complexity index is 419. The Morgan fingerprint density at radius 1 is 1.08 bits per heavy atom. The second-order valence-corrected chi connectivity index (χ2v) is 7.36. The summed E-state index contributed by atoms with van der Waals surface area (Å²) in [5.41, 5.74) is 0. The van der Waals surface area contributed by atoms with Gasteiger partial charge >= 0.3 is 5.97 Å². The number of thioether (sulfide) groups is 1. The molecule has 146 valence electrons. The van der Waals surface area contributed by atoms with Gasteiger partial charge in [0.25, 0.3) is 0 Å². The average molecular weight is 376 g/mol. The van der Waals surface area contributed by atoms with E-state index in [0.29, 0.717) is 13.0 Å². The normalized spacial score (nSPS) is 12.0. The third-order valence-electron chi connectivity index (χ3n) is 3.85. The van der Waals surface area contributed by atoms with Crippen LogP contribution in [0.1, 0.15) is 38.5 Å². The standard InChI is InChI=1S/C17H33N3O4S/c1-19(2)11-8-10-18-17(24)14(13-16(22)23)20(3)15(21)9-6-5-7-12-25-4/h14H,5-13H2,1-4H3,(H,18,24)(H,22,23)/t14-/m0/s1. The molecule has 0 aromatic carbocycles. The molecule has 2 amide bonds. The maximum absolute atomic E-state index is 12.3. The van der Waals surface area contributed by atoms with Crippen LogP contribution in [0.25, 0.3) is 0 Å². The largest absolute Gasteiger partial charge is 0.481 e. The first-order chi connectivity index (χ1) is 11.8. The minimum atomic E-state index is -1.09. The van der Waals surface area contributed by atoms with E-state index in [4.69, 9.17) is 5.11 Å². The molecule has 8 heteroatoms. The van der Waals surface area contributed by atoms with Crippen LogP contribution < -0.4 is 5.32 Å². The number of nitrogens with one attached hydrogen (secondary N) is 1. The summed E-state index contributed by atoms with van der Waals surface area (Å²) in [6.07, 6.45) is 5.55. The highest BCUT2D eigenvalue weighted by Crippen LogP contribution is 2.10. The lowest BCUT2D eigenvalue weighted by molar-refractivity contribution is -0.145. The molecule has 0 radical (unpaired) electrons. The van der Waals surface area contributed by atoms with Gasteiger partial charge in [0.05, 0.1) is 6.42 Å².